The third-order valence-electron chi connectivity index (χ3n) is 5.90. The fourth-order valence-electron chi connectivity index (χ4n) is 4.55. The van der Waals surface area contributed by atoms with Gasteiger partial charge in [0.05, 0.1) is 0 Å². The summed E-state index contributed by atoms with van der Waals surface area (Å²) in [5, 5.41) is 2.87. The van der Waals surface area contributed by atoms with E-state index < -0.39 is 11.6 Å². The van der Waals surface area contributed by atoms with Crippen molar-refractivity contribution in [2.45, 2.75) is 24.8 Å². The monoisotopic (exact) mass is 361 g/mol. The van der Waals surface area contributed by atoms with Gasteiger partial charge in [0.2, 0.25) is 5.91 Å². The predicted molar refractivity (Wildman–Crippen MR) is 99.2 cm³/mol. The summed E-state index contributed by atoms with van der Waals surface area (Å²) in [6, 6.07) is 14.9. The summed E-state index contributed by atoms with van der Waals surface area (Å²) in [6.45, 7) is 0.346. The molecule has 2 aromatic rings. The summed E-state index contributed by atoms with van der Waals surface area (Å²) in [5.41, 5.74) is 2.90. The standard InChI is InChI=1S/C21H19N3O3/c25-18(23-12-10-15-6-2-4-8-17(15)23)13-24-19(26)21(22-20(24)27)11-9-14-5-1-3-7-16(14)21/h1-8H,9-13H2,(H,22,27). The molecule has 1 N–H and O–H groups in total. The predicted octanol–water partition coefficient (Wildman–Crippen LogP) is 1.97. The smallest absolute Gasteiger partial charge is 0.319 e. The second-order valence-electron chi connectivity index (χ2n) is 7.31. The number of benzene rings is 2. The molecule has 2 aromatic carbocycles. The summed E-state index contributed by atoms with van der Waals surface area (Å²) >= 11 is 0. The second-order valence-corrected chi connectivity index (χ2v) is 7.31. The van der Waals surface area contributed by atoms with Gasteiger partial charge in [-0.3, -0.25) is 14.5 Å². The van der Waals surface area contributed by atoms with Gasteiger partial charge in [-0.1, -0.05) is 42.5 Å². The number of amides is 4. The van der Waals surface area contributed by atoms with Gasteiger partial charge in [0.1, 0.15) is 12.1 Å². The van der Waals surface area contributed by atoms with Crippen LogP contribution in [0.1, 0.15) is 23.1 Å². The van der Waals surface area contributed by atoms with E-state index in [1.165, 1.54) is 0 Å². The Morgan fingerprint density at radius 1 is 1.00 bits per heavy atom. The van der Waals surface area contributed by atoms with E-state index >= 15 is 0 Å². The molecule has 0 saturated carbocycles. The van der Waals surface area contributed by atoms with Gasteiger partial charge in [0, 0.05) is 12.2 Å². The number of carbonyl (C=O) groups is 3. The molecule has 2 aliphatic heterocycles. The van der Waals surface area contributed by atoms with E-state index in [2.05, 4.69) is 5.32 Å². The van der Waals surface area contributed by atoms with E-state index in [0.717, 1.165) is 40.1 Å². The number of nitrogens with zero attached hydrogens (tertiary/aromatic N) is 2. The summed E-state index contributed by atoms with van der Waals surface area (Å²) in [6.07, 6.45) is 2.07. The molecule has 2 heterocycles. The Morgan fingerprint density at radius 2 is 1.74 bits per heavy atom. The van der Waals surface area contributed by atoms with Crippen molar-refractivity contribution in [3.63, 3.8) is 0 Å². The van der Waals surface area contributed by atoms with Crippen molar-refractivity contribution in [3.05, 3.63) is 65.2 Å². The normalized spacial score (nSPS) is 23.0. The number of urea groups is 1. The Bertz CT molecular complexity index is 986. The number of hydrogen-bond donors (Lipinski definition) is 1. The van der Waals surface area contributed by atoms with Gasteiger partial charge in [0.25, 0.3) is 5.91 Å². The molecule has 5 rings (SSSR count). The maximum absolute atomic E-state index is 13.2. The van der Waals surface area contributed by atoms with E-state index in [0.29, 0.717) is 13.0 Å². The number of hydrogen-bond acceptors (Lipinski definition) is 3. The van der Waals surface area contributed by atoms with Gasteiger partial charge < -0.3 is 10.2 Å². The van der Waals surface area contributed by atoms with Crippen molar-refractivity contribution in [2.75, 3.05) is 18.0 Å². The first-order valence-electron chi connectivity index (χ1n) is 9.21. The molecule has 6 heteroatoms. The highest BCUT2D eigenvalue weighted by Crippen LogP contribution is 2.41. The van der Waals surface area contributed by atoms with Gasteiger partial charge in [-0.25, -0.2) is 4.79 Å². The van der Waals surface area contributed by atoms with Crippen molar-refractivity contribution >= 4 is 23.5 Å². The zero-order chi connectivity index (χ0) is 18.6. The van der Waals surface area contributed by atoms with Crippen LogP contribution in [0.2, 0.25) is 0 Å². The van der Waals surface area contributed by atoms with Crippen molar-refractivity contribution in [1.29, 1.82) is 0 Å². The Hall–Kier alpha value is -3.15. The van der Waals surface area contributed by atoms with Crippen LogP contribution in [0, 0.1) is 0 Å². The lowest BCUT2D eigenvalue weighted by atomic mass is 9.92. The molecule has 1 fully saturated rings. The van der Waals surface area contributed by atoms with Crippen LogP contribution in [0.15, 0.2) is 48.5 Å². The largest absolute Gasteiger partial charge is 0.325 e. The molecule has 1 saturated heterocycles. The highest BCUT2D eigenvalue weighted by Gasteiger charge is 2.55. The van der Waals surface area contributed by atoms with Crippen LogP contribution in [-0.2, 0) is 28.0 Å². The quantitative estimate of drug-likeness (QED) is 0.832. The Labute approximate surface area is 156 Å². The Morgan fingerprint density at radius 3 is 2.59 bits per heavy atom. The molecular weight excluding hydrogens is 342 g/mol. The van der Waals surface area contributed by atoms with E-state index in [1.807, 2.05) is 48.5 Å². The lowest BCUT2D eigenvalue weighted by Crippen LogP contribution is -2.44. The third-order valence-corrected chi connectivity index (χ3v) is 5.90. The van der Waals surface area contributed by atoms with Crippen LogP contribution in [-0.4, -0.2) is 35.8 Å². The molecule has 136 valence electrons. The van der Waals surface area contributed by atoms with Gasteiger partial charge in [-0.2, -0.15) is 0 Å². The number of anilines is 1. The van der Waals surface area contributed by atoms with Crippen LogP contribution >= 0.6 is 0 Å². The Kier molecular flexibility index (Phi) is 3.37. The van der Waals surface area contributed by atoms with Gasteiger partial charge >= 0.3 is 6.03 Å². The first-order chi connectivity index (χ1) is 13.1. The molecule has 6 nitrogen and oxygen atoms in total. The number of rotatable bonds is 2. The zero-order valence-electron chi connectivity index (χ0n) is 14.8. The van der Waals surface area contributed by atoms with Crippen molar-refractivity contribution < 1.29 is 14.4 Å². The molecule has 0 bridgehead atoms. The van der Waals surface area contributed by atoms with Crippen LogP contribution in [0.3, 0.4) is 0 Å². The number of imide groups is 1. The molecule has 3 aliphatic rings. The lowest BCUT2D eigenvalue weighted by molar-refractivity contribution is -0.134. The third kappa shape index (κ3) is 2.22. The van der Waals surface area contributed by atoms with Gasteiger partial charge in [-0.15, -0.1) is 0 Å². The van der Waals surface area contributed by atoms with E-state index in [9.17, 15) is 14.4 Å². The fraction of sp³-hybridized carbons (Fsp3) is 0.286. The number of carbonyl (C=O) groups excluding carboxylic acids is 3. The second kappa shape index (κ2) is 5.67. The molecule has 4 amide bonds. The van der Waals surface area contributed by atoms with Crippen molar-refractivity contribution in [3.8, 4) is 0 Å². The van der Waals surface area contributed by atoms with E-state index in [4.69, 9.17) is 0 Å². The lowest BCUT2D eigenvalue weighted by Gasteiger charge is -2.23. The SMILES string of the molecule is O=C1NC2(CCc3ccccc32)C(=O)N1CC(=O)N1CCc2ccccc21. The average molecular weight is 361 g/mol. The topological polar surface area (TPSA) is 69.7 Å². The number of nitrogens with one attached hydrogen (secondary N) is 1. The molecular formula is C21H19N3O3. The number of fused-ring (bicyclic) bond motifs is 3. The molecule has 1 spiro atoms. The van der Waals surface area contributed by atoms with Crippen molar-refractivity contribution in [2.24, 2.45) is 0 Å². The summed E-state index contributed by atoms with van der Waals surface area (Å²) in [7, 11) is 0. The van der Waals surface area contributed by atoms with Gasteiger partial charge in [-0.05, 0) is 42.0 Å². The molecule has 0 radical (unpaired) electrons. The van der Waals surface area contributed by atoms with E-state index in [1.54, 1.807) is 4.90 Å². The maximum atomic E-state index is 13.2. The van der Waals surface area contributed by atoms with Crippen LogP contribution in [0.25, 0.3) is 0 Å². The number of para-hydroxylation sites is 1. The molecule has 0 aromatic heterocycles. The molecule has 27 heavy (non-hydrogen) atoms. The van der Waals surface area contributed by atoms with Crippen LogP contribution in [0.4, 0.5) is 10.5 Å². The van der Waals surface area contributed by atoms with Gasteiger partial charge in [0.15, 0.2) is 0 Å². The minimum atomic E-state index is -1.02. The van der Waals surface area contributed by atoms with E-state index in [-0.39, 0.29) is 18.4 Å². The Balaban J connectivity index is 1.40. The summed E-state index contributed by atoms with van der Waals surface area (Å²) < 4.78 is 0. The zero-order valence-corrected chi connectivity index (χ0v) is 14.8. The molecule has 1 aliphatic carbocycles. The first-order valence-corrected chi connectivity index (χ1v) is 9.21. The van der Waals surface area contributed by atoms with Crippen molar-refractivity contribution in [1.82, 2.24) is 10.2 Å². The molecule has 1 unspecified atom stereocenters. The number of aryl methyl sites for hydroxylation is 1. The molecule has 1 atom stereocenters. The first kappa shape index (κ1) is 16.1. The minimum absolute atomic E-state index is 0.230. The highest BCUT2D eigenvalue weighted by atomic mass is 16.2. The van der Waals surface area contributed by atoms with Crippen LogP contribution in [0.5, 0.6) is 0 Å². The average Bonchev–Trinajstić information content (AvgIpc) is 3.34. The minimum Gasteiger partial charge on any atom is -0.319 e. The van der Waals surface area contributed by atoms with Crippen LogP contribution < -0.4 is 10.2 Å². The summed E-state index contributed by atoms with van der Waals surface area (Å²) in [4.78, 5) is 41.3. The maximum Gasteiger partial charge on any atom is 0.325 e. The highest BCUT2D eigenvalue weighted by molar-refractivity contribution is 6.11. The fourth-order valence-corrected chi connectivity index (χ4v) is 4.55. The summed E-state index contributed by atoms with van der Waals surface area (Å²) in [5.74, 6) is -0.551.